The Bertz CT molecular complexity index is 854. The summed E-state index contributed by atoms with van der Waals surface area (Å²) < 4.78 is 0. The zero-order chi connectivity index (χ0) is 18.8. The van der Waals surface area contributed by atoms with Gasteiger partial charge in [-0.15, -0.1) is 0 Å². The van der Waals surface area contributed by atoms with E-state index in [4.69, 9.17) is 4.99 Å². The Labute approximate surface area is 158 Å². The molecule has 0 aromatic heterocycles. The van der Waals surface area contributed by atoms with Crippen molar-refractivity contribution in [3.8, 4) is 0 Å². The molecule has 0 fully saturated rings. The summed E-state index contributed by atoms with van der Waals surface area (Å²) in [5.41, 5.74) is 12.6. The number of benzene rings is 2. The van der Waals surface area contributed by atoms with Crippen LogP contribution in [0.3, 0.4) is 0 Å². The summed E-state index contributed by atoms with van der Waals surface area (Å²) in [4.78, 5) is 5.01. The van der Waals surface area contributed by atoms with Crippen molar-refractivity contribution in [3.05, 3.63) is 69.4 Å². The third-order valence-electron chi connectivity index (χ3n) is 5.07. The zero-order valence-corrected chi connectivity index (χ0v) is 17.0. The first-order valence-corrected chi connectivity index (χ1v) is 9.54. The molecule has 0 radical (unpaired) electrons. The standard InChI is InChI=1S/C24H30N2/c1-15-10-17(3)23(18(4)11-15)25-21-8-7-9-22(14-21)26-24-19(5)12-16(2)13-20(24)6/h10-14,25H,7-9H2,1-6H3/b26-22+. The molecule has 0 unspecified atom stereocenters. The number of hydrogen-bond donors (Lipinski definition) is 1. The van der Waals surface area contributed by atoms with Gasteiger partial charge in [-0.1, -0.05) is 35.4 Å². The Morgan fingerprint density at radius 3 is 1.85 bits per heavy atom. The van der Waals surface area contributed by atoms with Gasteiger partial charge in [-0.3, -0.25) is 4.99 Å². The second-order valence-corrected chi connectivity index (χ2v) is 7.77. The van der Waals surface area contributed by atoms with Crippen LogP contribution < -0.4 is 5.32 Å². The molecule has 0 aliphatic heterocycles. The second-order valence-electron chi connectivity index (χ2n) is 7.77. The van der Waals surface area contributed by atoms with Crippen LogP contribution in [0.25, 0.3) is 0 Å². The van der Waals surface area contributed by atoms with Gasteiger partial charge in [0.15, 0.2) is 0 Å². The van der Waals surface area contributed by atoms with Crippen molar-refractivity contribution in [2.45, 2.75) is 60.8 Å². The van der Waals surface area contributed by atoms with Crippen molar-refractivity contribution >= 4 is 17.1 Å². The summed E-state index contributed by atoms with van der Waals surface area (Å²) in [7, 11) is 0. The van der Waals surface area contributed by atoms with E-state index in [2.05, 4.69) is 77.2 Å². The fraction of sp³-hybridized carbons (Fsp3) is 0.375. The molecular formula is C24H30N2. The van der Waals surface area contributed by atoms with E-state index in [0.29, 0.717) is 0 Å². The van der Waals surface area contributed by atoms with Gasteiger partial charge < -0.3 is 5.32 Å². The highest BCUT2D eigenvalue weighted by molar-refractivity contribution is 5.98. The van der Waals surface area contributed by atoms with Crippen molar-refractivity contribution in [1.29, 1.82) is 0 Å². The topological polar surface area (TPSA) is 24.4 Å². The van der Waals surface area contributed by atoms with Gasteiger partial charge in [0.1, 0.15) is 0 Å². The molecule has 0 heterocycles. The zero-order valence-electron chi connectivity index (χ0n) is 17.0. The molecule has 0 saturated heterocycles. The summed E-state index contributed by atoms with van der Waals surface area (Å²) in [6.07, 6.45) is 5.52. The first-order chi connectivity index (χ1) is 12.3. The Balaban J connectivity index is 1.91. The van der Waals surface area contributed by atoms with Gasteiger partial charge in [0.05, 0.1) is 5.69 Å². The predicted octanol–water partition coefficient (Wildman–Crippen LogP) is 6.79. The second kappa shape index (κ2) is 7.49. The Hall–Kier alpha value is -2.35. The van der Waals surface area contributed by atoms with Crippen LogP contribution in [0.5, 0.6) is 0 Å². The average molecular weight is 347 g/mol. The van der Waals surface area contributed by atoms with Gasteiger partial charge >= 0.3 is 0 Å². The quantitative estimate of drug-likeness (QED) is 0.650. The van der Waals surface area contributed by atoms with E-state index in [1.807, 2.05) is 0 Å². The highest BCUT2D eigenvalue weighted by Crippen LogP contribution is 2.29. The van der Waals surface area contributed by atoms with Crippen molar-refractivity contribution in [1.82, 2.24) is 0 Å². The summed E-state index contributed by atoms with van der Waals surface area (Å²) >= 11 is 0. The van der Waals surface area contributed by atoms with E-state index in [0.717, 1.165) is 24.9 Å². The number of hydrogen-bond acceptors (Lipinski definition) is 2. The number of nitrogens with zero attached hydrogens (tertiary/aromatic N) is 1. The maximum Gasteiger partial charge on any atom is 0.0691 e. The third-order valence-corrected chi connectivity index (χ3v) is 5.07. The van der Waals surface area contributed by atoms with E-state index < -0.39 is 0 Å². The molecule has 0 spiro atoms. The first-order valence-electron chi connectivity index (χ1n) is 9.54. The Kier molecular flexibility index (Phi) is 5.31. The molecule has 1 aliphatic rings. The smallest absolute Gasteiger partial charge is 0.0691 e. The van der Waals surface area contributed by atoms with E-state index in [1.165, 1.54) is 50.5 Å². The molecule has 3 rings (SSSR count). The maximum absolute atomic E-state index is 5.01. The molecule has 2 nitrogen and oxygen atoms in total. The van der Waals surface area contributed by atoms with E-state index >= 15 is 0 Å². The van der Waals surface area contributed by atoms with Crippen LogP contribution in [0.1, 0.15) is 52.6 Å². The van der Waals surface area contributed by atoms with Crippen LogP contribution in [-0.4, -0.2) is 5.71 Å². The Morgan fingerprint density at radius 2 is 1.27 bits per heavy atom. The van der Waals surface area contributed by atoms with Crippen molar-refractivity contribution in [2.75, 3.05) is 5.32 Å². The number of nitrogens with one attached hydrogen (secondary N) is 1. The fourth-order valence-corrected chi connectivity index (χ4v) is 4.02. The van der Waals surface area contributed by atoms with Gasteiger partial charge in [0.25, 0.3) is 0 Å². The number of allylic oxidation sites excluding steroid dienone is 2. The summed E-state index contributed by atoms with van der Waals surface area (Å²) in [5.74, 6) is 0. The van der Waals surface area contributed by atoms with Crippen molar-refractivity contribution < 1.29 is 0 Å². The van der Waals surface area contributed by atoms with Crippen LogP contribution in [0.15, 0.2) is 41.0 Å². The lowest BCUT2D eigenvalue weighted by Crippen LogP contribution is -2.11. The van der Waals surface area contributed by atoms with E-state index in [-0.39, 0.29) is 0 Å². The van der Waals surface area contributed by atoms with Gasteiger partial charge in [0.2, 0.25) is 0 Å². The minimum Gasteiger partial charge on any atom is -0.358 e. The molecular weight excluding hydrogens is 316 g/mol. The maximum atomic E-state index is 5.01. The molecule has 0 bridgehead atoms. The molecule has 2 aromatic carbocycles. The highest BCUT2D eigenvalue weighted by atomic mass is 14.9. The fourth-order valence-electron chi connectivity index (χ4n) is 4.02. The van der Waals surface area contributed by atoms with Gasteiger partial charge in [-0.2, -0.15) is 0 Å². The molecule has 0 saturated carbocycles. The summed E-state index contributed by atoms with van der Waals surface area (Å²) in [6.45, 7) is 13.0. The summed E-state index contributed by atoms with van der Waals surface area (Å²) in [5, 5.41) is 3.68. The number of aryl methyl sites for hydroxylation is 6. The number of anilines is 1. The SMILES string of the molecule is Cc1cc(C)c(/N=C2/C=C(Nc3c(C)cc(C)cc3C)CCC2)c(C)c1. The predicted molar refractivity (Wildman–Crippen MR) is 114 cm³/mol. The van der Waals surface area contributed by atoms with E-state index in [9.17, 15) is 0 Å². The molecule has 2 aromatic rings. The van der Waals surface area contributed by atoms with Crippen molar-refractivity contribution in [3.63, 3.8) is 0 Å². The molecule has 1 aliphatic carbocycles. The monoisotopic (exact) mass is 346 g/mol. The summed E-state index contributed by atoms with van der Waals surface area (Å²) in [6, 6.07) is 8.92. The highest BCUT2D eigenvalue weighted by Gasteiger charge is 2.13. The third kappa shape index (κ3) is 4.07. The van der Waals surface area contributed by atoms with Crippen LogP contribution in [0.2, 0.25) is 0 Å². The Morgan fingerprint density at radius 1 is 0.731 bits per heavy atom. The molecule has 2 heteroatoms. The minimum absolute atomic E-state index is 1.05. The van der Waals surface area contributed by atoms with Crippen LogP contribution in [0.4, 0.5) is 11.4 Å². The van der Waals surface area contributed by atoms with Gasteiger partial charge in [-0.05, 0) is 89.1 Å². The van der Waals surface area contributed by atoms with Gasteiger partial charge in [-0.25, -0.2) is 0 Å². The average Bonchev–Trinajstić information content (AvgIpc) is 2.55. The number of rotatable bonds is 3. The van der Waals surface area contributed by atoms with Crippen LogP contribution >= 0.6 is 0 Å². The molecule has 136 valence electrons. The first kappa shape index (κ1) is 18.4. The normalized spacial score (nSPS) is 15.9. The molecule has 1 N–H and O–H groups in total. The molecule has 0 atom stereocenters. The molecule has 0 amide bonds. The lowest BCUT2D eigenvalue weighted by Gasteiger charge is -2.20. The minimum atomic E-state index is 1.05. The largest absolute Gasteiger partial charge is 0.358 e. The van der Waals surface area contributed by atoms with E-state index in [1.54, 1.807) is 0 Å². The van der Waals surface area contributed by atoms with Crippen molar-refractivity contribution in [2.24, 2.45) is 4.99 Å². The molecule has 26 heavy (non-hydrogen) atoms. The van der Waals surface area contributed by atoms with Crippen LogP contribution in [0, 0.1) is 41.5 Å². The lowest BCUT2D eigenvalue weighted by atomic mass is 9.99. The number of aliphatic imine (C=N–C) groups is 1. The van der Waals surface area contributed by atoms with Gasteiger partial charge in [0, 0.05) is 17.1 Å². The van der Waals surface area contributed by atoms with Crippen LogP contribution in [-0.2, 0) is 0 Å². The lowest BCUT2D eigenvalue weighted by molar-refractivity contribution is 0.838.